The van der Waals surface area contributed by atoms with Gasteiger partial charge in [-0.25, -0.2) is 0 Å². The number of fused-ring (bicyclic) bond motifs is 1. The third kappa shape index (κ3) is 5.48. The molecule has 1 aromatic heterocycles. The Labute approximate surface area is 218 Å². The first kappa shape index (κ1) is 24.9. The van der Waals surface area contributed by atoms with Gasteiger partial charge in [-0.3, -0.25) is 9.59 Å². The summed E-state index contributed by atoms with van der Waals surface area (Å²) in [5, 5.41) is 2.70. The number of nitrogens with one attached hydrogen (secondary N) is 1. The minimum absolute atomic E-state index is 0.130. The van der Waals surface area contributed by atoms with Crippen molar-refractivity contribution < 1.29 is 18.7 Å². The van der Waals surface area contributed by atoms with E-state index in [0.717, 1.165) is 49.8 Å². The van der Waals surface area contributed by atoms with Gasteiger partial charge in [-0.1, -0.05) is 54.8 Å². The molecule has 0 spiro atoms. The Balaban J connectivity index is 1.38. The van der Waals surface area contributed by atoms with E-state index in [9.17, 15) is 9.59 Å². The number of aryl methyl sites for hydroxylation is 1. The van der Waals surface area contributed by atoms with Crippen LogP contribution >= 0.6 is 0 Å². The van der Waals surface area contributed by atoms with Crippen LogP contribution in [0.25, 0.3) is 0 Å². The van der Waals surface area contributed by atoms with Crippen molar-refractivity contribution in [1.82, 2.24) is 10.2 Å². The summed E-state index contributed by atoms with van der Waals surface area (Å²) in [4.78, 5) is 27.8. The Hall–Kier alpha value is -3.80. The number of hydrogen-bond donors (Lipinski definition) is 1. The average Bonchev–Trinajstić information content (AvgIpc) is 3.63. The molecule has 1 fully saturated rings. The molecule has 1 aliphatic heterocycles. The quantitative estimate of drug-likeness (QED) is 0.402. The van der Waals surface area contributed by atoms with Crippen LogP contribution < -0.4 is 10.1 Å². The van der Waals surface area contributed by atoms with Crippen molar-refractivity contribution in [3.8, 4) is 5.75 Å². The maximum atomic E-state index is 13.6. The number of amides is 2. The van der Waals surface area contributed by atoms with E-state index in [-0.39, 0.29) is 36.1 Å². The Morgan fingerprint density at radius 3 is 2.65 bits per heavy atom. The first-order valence-corrected chi connectivity index (χ1v) is 13.1. The van der Waals surface area contributed by atoms with Crippen LogP contribution in [0.1, 0.15) is 70.3 Å². The Kier molecular flexibility index (Phi) is 7.45. The van der Waals surface area contributed by atoms with Gasteiger partial charge in [0.2, 0.25) is 5.91 Å². The van der Waals surface area contributed by atoms with E-state index < -0.39 is 0 Å². The molecule has 3 aromatic rings. The van der Waals surface area contributed by atoms with Gasteiger partial charge in [0.1, 0.15) is 18.1 Å². The van der Waals surface area contributed by atoms with E-state index in [4.69, 9.17) is 9.15 Å². The number of rotatable bonds is 8. The van der Waals surface area contributed by atoms with Gasteiger partial charge < -0.3 is 19.4 Å². The number of ether oxygens (including phenoxy) is 1. The lowest BCUT2D eigenvalue weighted by Gasteiger charge is -2.39. The number of hydrogen-bond acceptors (Lipinski definition) is 4. The molecule has 2 aliphatic rings. The molecule has 1 saturated carbocycles. The van der Waals surface area contributed by atoms with Crippen molar-refractivity contribution in [2.45, 2.75) is 51.7 Å². The third-order valence-corrected chi connectivity index (χ3v) is 7.40. The lowest BCUT2D eigenvalue weighted by Crippen LogP contribution is -2.43. The highest BCUT2D eigenvalue weighted by Gasteiger charge is 2.36. The van der Waals surface area contributed by atoms with Gasteiger partial charge in [0, 0.05) is 19.0 Å². The molecule has 2 aromatic carbocycles. The minimum Gasteiger partial charge on any atom is -0.486 e. The standard InChI is InChI=1S/C31H34N2O4/c1-3-17-32-30(34)28-15-14-26(37-28)20-36-25-13-12-22-16-18-33(31(35)24-6-4-5-7-24)29(27(22)19-25)23-10-8-21(2)9-11-23/h3,8-15,19,24,29H,1,4-7,16-18,20H2,2H3,(H,32,34). The molecular formula is C31H34N2O4. The summed E-state index contributed by atoms with van der Waals surface area (Å²) in [5.41, 5.74) is 4.67. The van der Waals surface area contributed by atoms with Crippen molar-refractivity contribution in [2.24, 2.45) is 5.92 Å². The lowest BCUT2D eigenvalue weighted by atomic mass is 9.86. The maximum absolute atomic E-state index is 13.6. The molecule has 1 atom stereocenters. The molecule has 1 aliphatic carbocycles. The monoisotopic (exact) mass is 498 g/mol. The van der Waals surface area contributed by atoms with Crippen LogP contribution in [0.15, 0.2) is 71.7 Å². The van der Waals surface area contributed by atoms with Crippen LogP contribution in [0, 0.1) is 12.8 Å². The highest BCUT2D eigenvalue weighted by molar-refractivity contribution is 5.91. The van der Waals surface area contributed by atoms with Crippen LogP contribution in [-0.4, -0.2) is 29.8 Å². The van der Waals surface area contributed by atoms with Crippen LogP contribution in [0.5, 0.6) is 5.75 Å². The molecule has 5 rings (SSSR count). The van der Waals surface area contributed by atoms with Crippen molar-refractivity contribution in [1.29, 1.82) is 0 Å². The van der Waals surface area contributed by atoms with E-state index in [0.29, 0.717) is 18.1 Å². The summed E-state index contributed by atoms with van der Waals surface area (Å²) >= 11 is 0. The van der Waals surface area contributed by atoms with Gasteiger partial charge in [0.25, 0.3) is 5.91 Å². The van der Waals surface area contributed by atoms with Crippen molar-refractivity contribution in [3.05, 3.63) is 101 Å². The van der Waals surface area contributed by atoms with Crippen LogP contribution in [0.4, 0.5) is 0 Å². The molecule has 6 nitrogen and oxygen atoms in total. The van der Waals surface area contributed by atoms with Gasteiger partial charge in [0.05, 0.1) is 6.04 Å². The average molecular weight is 499 g/mol. The molecule has 6 heteroatoms. The Bertz CT molecular complexity index is 1270. The SMILES string of the molecule is C=CCNC(=O)c1ccc(COc2ccc3c(c2)C(c2ccc(C)cc2)N(C(=O)C2CCCC2)CC3)o1. The molecular weight excluding hydrogens is 464 g/mol. The van der Waals surface area contributed by atoms with Gasteiger partial charge in [-0.2, -0.15) is 0 Å². The minimum atomic E-state index is -0.284. The highest BCUT2D eigenvalue weighted by atomic mass is 16.5. The second kappa shape index (κ2) is 11.1. The number of carbonyl (C=O) groups excluding carboxylic acids is 2. The molecule has 1 N–H and O–H groups in total. The summed E-state index contributed by atoms with van der Waals surface area (Å²) in [6.45, 7) is 6.99. The van der Waals surface area contributed by atoms with E-state index in [1.165, 1.54) is 11.1 Å². The first-order valence-electron chi connectivity index (χ1n) is 13.1. The molecule has 0 radical (unpaired) electrons. The number of carbonyl (C=O) groups is 2. The number of benzene rings is 2. The molecule has 0 bridgehead atoms. The summed E-state index contributed by atoms with van der Waals surface area (Å²) in [6.07, 6.45) is 6.70. The predicted octanol–water partition coefficient (Wildman–Crippen LogP) is 5.75. The molecule has 37 heavy (non-hydrogen) atoms. The van der Waals surface area contributed by atoms with E-state index in [2.05, 4.69) is 60.1 Å². The maximum Gasteiger partial charge on any atom is 0.287 e. The smallest absolute Gasteiger partial charge is 0.287 e. The molecule has 1 unspecified atom stereocenters. The zero-order valence-corrected chi connectivity index (χ0v) is 21.4. The van der Waals surface area contributed by atoms with E-state index in [1.54, 1.807) is 18.2 Å². The fraction of sp³-hybridized carbons (Fsp3) is 0.355. The van der Waals surface area contributed by atoms with Crippen LogP contribution in [-0.2, 0) is 17.8 Å². The van der Waals surface area contributed by atoms with Crippen molar-refractivity contribution in [2.75, 3.05) is 13.1 Å². The normalized spacial score (nSPS) is 17.3. The summed E-state index contributed by atoms with van der Waals surface area (Å²) < 4.78 is 11.7. The summed E-state index contributed by atoms with van der Waals surface area (Å²) in [5.74, 6) is 1.64. The van der Waals surface area contributed by atoms with Crippen LogP contribution in [0.3, 0.4) is 0 Å². The highest BCUT2D eigenvalue weighted by Crippen LogP contribution is 2.40. The predicted molar refractivity (Wildman–Crippen MR) is 142 cm³/mol. The lowest BCUT2D eigenvalue weighted by molar-refractivity contribution is -0.137. The first-order chi connectivity index (χ1) is 18.0. The Morgan fingerprint density at radius 2 is 1.89 bits per heavy atom. The van der Waals surface area contributed by atoms with Gasteiger partial charge in [0.15, 0.2) is 5.76 Å². The molecule has 2 amide bonds. The van der Waals surface area contributed by atoms with Crippen molar-refractivity contribution >= 4 is 11.8 Å². The second-order valence-corrected chi connectivity index (χ2v) is 9.99. The van der Waals surface area contributed by atoms with Gasteiger partial charge in [-0.15, -0.1) is 6.58 Å². The summed E-state index contributed by atoms with van der Waals surface area (Å²) in [6, 6.07) is 17.9. The van der Waals surface area contributed by atoms with Gasteiger partial charge >= 0.3 is 0 Å². The fourth-order valence-corrected chi connectivity index (χ4v) is 5.42. The second-order valence-electron chi connectivity index (χ2n) is 9.99. The van der Waals surface area contributed by atoms with Crippen LogP contribution in [0.2, 0.25) is 0 Å². The zero-order valence-electron chi connectivity index (χ0n) is 21.4. The largest absolute Gasteiger partial charge is 0.486 e. The van der Waals surface area contributed by atoms with E-state index in [1.807, 2.05) is 6.07 Å². The Morgan fingerprint density at radius 1 is 1.11 bits per heavy atom. The van der Waals surface area contributed by atoms with E-state index >= 15 is 0 Å². The van der Waals surface area contributed by atoms with Gasteiger partial charge in [-0.05, 0) is 67.1 Å². The third-order valence-electron chi connectivity index (χ3n) is 7.40. The topological polar surface area (TPSA) is 71.8 Å². The number of furan rings is 1. The molecule has 2 heterocycles. The zero-order chi connectivity index (χ0) is 25.8. The fourth-order valence-electron chi connectivity index (χ4n) is 5.42. The molecule has 192 valence electrons. The van der Waals surface area contributed by atoms with Crippen molar-refractivity contribution in [3.63, 3.8) is 0 Å². The summed E-state index contributed by atoms with van der Waals surface area (Å²) in [7, 11) is 0. The molecule has 0 saturated heterocycles. The number of nitrogens with zero attached hydrogens (tertiary/aromatic N) is 1.